The van der Waals surface area contributed by atoms with E-state index in [-0.39, 0.29) is 17.7 Å². The van der Waals surface area contributed by atoms with Crippen molar-refractivity contribution in [3.63, 3.8) is 0 Å². The first kappa shape index (κ1) is 40.6. The molecule has 0 spiro atoms. The van der Waals surface area contributed by atoms with Gasteiger partial charge in [0.15, 0.2) is 0 Å². The second-order valence-electron chi connectivity index (χ2n) is 20.2. The fourth-order valence-electron chi connectivity index (χ4n) is 12.4. The van der Waals surface area contributed by atoms with Gasteiger partial charge in [-0.05, 0) is 166 Å². The van der Waals surface area contributed by atoms with Crippen molar-refractivity contribution in [3.05, 3.63) is 65.2 Å². The molecule has 0 aliphatic heterocycles. The van der Waals surface area contributed by atoms with Crippen LogP contribution in [0.2, 0.25) is 0 Å². The zero-order valence-electron chi connectivity index (χ0n) is 34.9. The lowest BCUT2D eigenvalue weighted by atomic mass is 9.44. The molecule has 6 heteroatoms. The van der Waals surface area contributed by atoms with Crippen molar-refractivity contribution >= 4 is 12.0 Å². The number of ether oxygens (including phenoxy) is 1. The van der Waals surface area contributed by atoms with E-state index in [0.29, 0.717) is 29.6 Å². The SMILES string of the molecule is CC(C)CCC[C@@H](C)[C@H]1CC[C@H]2[C@@H]3CCC4CC(NC(=O)[C@H](Cc5ccc(O)cc5Cc5ccccc5)NC(=O)OC(C)(C)C)CC[C@]4(C)[C@H]3CC[C@]12C. The Balaban J connectivity index is 1.12. The number of rotatable bonds is 12. The van der Waals surface area contributed by atoms with Crippen LogP contribution in [0.3, 0.4) is 0 Å². The third-order valence-corrected chi connectivity index (χ3v) is 15.1. The fraction of sp³-hybridized carbons (Fsp3) is 0.708. The molecule has 0 radical (unpaired) electrons. The highest BCUT2D eigenvalue weighted by Gasteiger charge is 2.60. The lowest BCUT2D eigenvalue weighted by Gasteiger charge is -2.61. The summed E-state index contributed by atoms with van der Waals surface area (Å²) in [6.45, 7) is 18.1. The largest absolute Gasteiger partial charge is 0.508 e. The average molecular weight is 741 g/mol. The standard InChI is InChI=1S/C48H72N2O4/c1-31(2)13-12-14-32(3)40-21-22-41-39-20-18-36-30-37(23-25-47(36,7)42(39)24-26-48(40,41)8)49-44(52)43(50-45(53)54-46(4,5)6)29-34-17-19-38(51)28-35(34)27-33-15-10-9-11-16-33/h9-11,15-17,19,28,31-32,36-37,39-43,51H,12-14,18,20-27,29-30H2,1-8H3,(H,49,52)(H,50,53)/t32-,36?,37?,39+,40-,41+,42+,43+,47+,48-/m1/s1. The molecule has 4 fully saturated rings. The van der Waals surface area contributed by atoms with Gasteiger partial charge < -0.3 is 20.5 Å². The average Bonchev–Trinajstić information content (AvgIpc) is 3.46. The maximum absolute atomic E-state index is 14.2. The Morgan fingerprint density at radius 2 is 1.59 bits per heavy atom. The van der Waals surface area contributed by atoms with E-state index in [1.807, 2.05) is 45.0 Å². The molecule has 4 aliphatic rings. The summed E-state index contributed by atoms with van der Waals surface area (Å²) in [4.78, 5) is 27.4. The first-order chi connectivity index (χ1) is 25.6. The number of carbonyl (C=O) groups excluding carboxylic acids is 2. The number of carbonyl (C=O) groups is 2. The Kier molecular flexibility index (Phi) is 12.5. The highest BCUT2D eigenvalue weighted by Crippen LogP contribution is 2.68. The number of hydrogen-bond donors (Lipinski definition) is 3. The van der Waals surface area contributed by atoms with Crippen molar-refractivity contribution in [3.8, 4) is 5.75 Å². The summed E-state index contributed by atoms with van der Waals surface area (Å²) < 4.78 is 5.64. The molecule has 4 saturated carbocycles. The molecule has 0 saturated heterocycles. The summed E-state index contributed by atoms with van der Waals surface area (Å²) in [5, 5.41) is 16.8. The number of hydrogen-bond acceptors (Lipinski definition) is 4. The van der Waals surface area contributed by atoms with E-state index in [2.05, 4.69) is 57.4 Å². The van der Waals surface area contributed by atoms with Gasteiger partial charge in [-0.3, -0.25) is 4.79 Å². The van der Waals surface area contributed by atoms with E-state index >= 15 is 0 Å². The maximum Gasteiger partial charge on any atom is 0.408 e. The van der Waals surface area contributed by atoms with E-state index in [4.69, 9.17) is 4.74 Å². The van der Waals surface area contributed by atoms with Gasteiger partial charge in [-0.15, -0.1) is 0 Å². The van der Waals surface area contributed by atoms with Crippen molar-refractivity contribution in [1.29, 1.82) is 0 Å². The molecule has 6 rings (SSSR count). The van der Waals surface area contributed by atoms with E-state index in [0.717, 1.165) is 71.5 Å². The van der Waals surface area contributed by atoms with Crippen LogP contribution in [0.25, 0.3) is 0 Å². The summed E-state index contributed by atoms with van der Waals surface area (Å²) in [5.41, 5.74) is 3.13. The first-order valence-electron chi connectivity index (χ1n) is 21.7. The minimum atomic E-state index is -0.804. The highest BCUT2D eigenvalue weighted by atomic mass is 16.6. The Labute approximate surface area is 327 Å². The minimum absolute atomic E-state index is 0.0927. The molecule has 2 aromatic rings. The molecule has 2 unspecified atom stereocenters. The van der Waals surface area contributed by atoms with E-state index < -0.39 is 17.7 Å². The van der Waals surface area contributed by atoms with Crippen molar-refractivity contribution < 1.29 is 19.4 Å². The molecule has 2 aromatic carbocycles. The molecular weight excluding hydrogens is 669 g/mol. The maximum atomic E-state index is 14.2. The van der Waals surface area contributed by atoms with Crippen molar-refractivity contribution in [2.75, 3.05) is 0 Å². The molecule has 54 heavy (non-hydrogen) atoms. The fourth-order valence-corrected chi connectivity index (χ4v) is 12.4. The van der Waals surface area contributed by atoms with E-state index in [9.17, 15) is 14.7 Å². The Morgan fingerprint density at radius 1 is 0.870 bits per heavy atom. The zero-order valence-corrected chi connectivity index (χ0v) is 34.9. The number of aromatic hydroxyl groups is 1. The van der Waals surface area contributed by atoms with Crippen LogP contribution in [-0.4, -0.2) is 34.8 Å². The van der Waals surface area contributed by atoms with Crippen LogP contribution in [0.1, 0.15) is 149 Å². The van der Waals surface area contributed by atoms with Gasteiger partial charge in [0.1, 0.15) is 17.4 Å². The van der Waals surface area contributed by atoms with Gasteiger partial charge in [0.25, 0.3) is 0 Å². The molecule has 298 valence electrons. The molecule has 0 heterocycles. The number of fused-ring (bicyclic) bond motifs is 5. The predicted molar refractivity (Wildman–Crippen MR) is 219 cm³/mol. The van der Waals surface area contributed by atoms with Crippen LogP contribution in [-0.2, 0) is 22.4 Å². The number of alkyl carbamates (subject to hydrolysis) is 1. The van der Waals surface area contributed by atoms with Gasteiger partial charge in [-0.1, -0.05) is 90.3 Å². The van der Waals surface area contributed by atoms with Crippen LogP contribution in [0, 0.1) is 52.3 Å². The second-order valence-corrected chi connectivity index (χ2v) is 20.2. The second kappa shape index (κ2) is 16.6. The molecule has 10 atom stereocenters. The van der Waals surface area contributed by atoms with Crippen LogP contribution in [0.4, 0.5) is 4.79 Å². The minimum Gasteiger partial charge on any atom is -0.508 e. The monoisotopic (exact) mass is 741 g/mol. The Bertz CT molecular complexity index is 1580. The van der Waals surface area contributed by atoms with E-state index in [1.165, 1.54) is 57.8 Å². The number of phenolic OH excluding ortho intramolecular Hbond substituents is 1. The first-order valence-corrected chi connectivity index (χ1v) is 21.7. The topological polar surface area (TPSA) is 87.7 Å². The Morgan fingerprint density at radius 3 is 2.31 bits per heavy atom. The number of benzene rings is 2. The lowest BCUT2D eigenvalue weighted by Crippen LogP contribution is -2.57. The molecule has 4 aliphatic carbocycles. The molecule has 3 N–H and O–H groups in total. The van der Waals surface area contributed by atoms with Crippen LogP contribution in [0.5, 0.6) is 5.75 Å². The van der Waals surface area contributed by atoms with E-state index in [1.54, 1.807) is 12.1 Å². The molecule has 0 aromatic heterocycles. The van der Waals surface area contributed by atoms with Gasteiger partial charge in [-0.25, -0.2) is 4.79 Å². The van der Waals surface area contributed by atoms with Gasteiger partial charge in [0.2, 0.25) is 5.91 Å². The van der Waals surface area contributed by atoms with Crippen molar-refractivity contribution in [1.82, 2.24) is 10.6 Å². The highest BCUT2D eigenvalue weighted by molar-refractivity contribution is 5.86. The molecule has 6 nitrogen and oxygen atoms in total. The quantitative estimate of drug-likeness (QED) is 0.202. The summed E-state index contributed by atoms with van der Waals surface area (Å²) in [5.74, 6) is 5.67. The molecular formula is C48H72N2O4. The van der Waals surface area contributed by atoms with Crippen molar-refractivity contribution in [2.45, 2.75) is 163 Å². The summed E-state index contributed by atoms with van der Waals surface area (Å²) >= 11 is 0. The third kappa shape index (κ3) is 9.15. The van der Waals surface area contributed by atoms with Gasteiger partial charge in [0.05, 0.1) is 0 Å². The van der Waals surface area contributed by atoms with Gasteiger partial charge in [-0.2, -0.15) is 0 Å². The van der Waals surface area contributed by atoms with Crippen LogP contribution in [0.15, 0.2) is 48.5 Å². The molecule has 0 bridgehead atoms. The number of amides is 2. The molecule has 2 amide bonds. The Hall–Kier alpha value is -3.02. The summed E-state index contributed by atoms with van der Waals surface area (Å²) in [6.07, 6.45) is 15.8. The smallest absolute Gasteiger partial charge is 0.408 e. The van der Waals surface area contributed by atoms with Crippen molar-refractivity contribution in [2.24, 2.45) is 52.3 Å². The summed E-state index contributed by atoms with van der Waals surface area (Å²) in [6, 6.07) is 14.7. The van der Waals surface area contributed by atoms with Gasteiger partial charge >= 0.3 is 6.09 Å². The third-order valence-electron chi connectivity index (χ3n) is 15.1. The summed E-state index contributed by atoms with van der Waals surface area (Å²) in [7, 11) is 0. The zero-order chi connectivity index (χ0) is 38.8. The normalized spacial score (nSPS) is 31.8. The number of nitrogens with one attached hydrogen (secondary N) is 2. The number of phenols is 1. The lowest BCUT2D eigenvalue weighted by molar-refractivity contribution is -0.129. The van der Waals surface area contributed by atoms with Crippen LogP contribution < -0.4 is 10.6 Å². The van der Waals surface area contributed by atoms with Crippen LogP contribution >= 0.6 is 0 Å². The predicted octanol–water partition coefficient (Wildman–Crippen LogP) is 11.0. The van der Waals surface area contributed by atoms with Gasteiger partial charge in [0, 0.05) is 12.5 Å².